The van der Waals surface area contributed by atoms with E-state index in [9.17, 15) is 0 Å². The van der Waals surface area contributed by atoms with Gasteiger partial charge in [-0.3, -0.25) is 0 Å². The Bertz CT molecular complexity index is 564. The molecule has 0 fully saturated rings. The number of nitrogens with one attached hydrogen (secondary N) is 1. The van der Waals surface area contributed by atoms with Gasteiger partial charge in [0, 0.05) is 21.2 Å². The number of anilines is 1. The van der Waals surface area contributed by atoms with Gasteiger partial charge in [0.2, 0.25) is 0 Å². The third-order valence-corrected chi connectivity index (χ3v) is 4.17. The Hall–Kier alpha value is -0.800. The first-order valence-corrected chi connectivity index (χ1v) is 7.40. The molecule has 94 valence electrons. The summed E-state index contributed by atoms with van der Waals surface area (Å²) in [4.78, 5) is 0. The van der Waals surface area contributed by atoms with Gasteiger partial charge in [0.15, 0.2) is 0 Å². The van der Waals surface area contributed by atoms with Crippen molar-refractivity contribution >= 4 is 37.5 Å². The van der Waals surface area contributed by atoms with Crippen LogP contribution in [0.2, 0.25) is 0 Å². The largest absolute Gasteiger partial charge is 0.380 e. The number of hydrogen-bond acceptors (Lipinski definition) is 1. The molecule has 0 amide bonds. The van der Waals surface area contributed by atoms with E-state index in [2.05, 4.69) is 75.3 Å². The normalized spacial score (nSPS) is 10.4. The van der Waals surface area contributed by atoms with Gasteiger partial charge >= 0.3 is 0 Å². The molecule has 0 radical (unpaired) electrons. The lowest BCUT2D eigenvalue weighted by Gasteiger charge is -2.10. The Kier molecular flexibility index (Phi) is 4.46. The lowest BCUT2D eigenvalue weighted by molar-refractivity contribution is 1.13. The summed E-state index contributed by atoms with van der Waals surface area (Å²) in [5.74, 6) is 0. The summed E-state index contributed by atoms with van der Waals surface area (Å²) in [5.41, 5.74) is 5.07. The predicted molar refractivity (Wildman–Crippen MR) is 85.1 cm³/mol. The highest BCUT2D eigenvalue weighted by Gasteiger charge is 2.01. The summed E-state index contributed by atoms with van der Waals surface area (Å²) in [6.07, 6.45) is 0. The number of halogens is 2. The lowest BCUT2D eigenvalue weighted by atomic mass is 10.1. The van der Waals surface area contributed by atoms with Gasteiger partial charge < -0.3 is 5.32 Å². The van der Waals surface area contributed by atoms with Crippen molar-refractivity contribution in [1.29, 1.82) is 0 Å². The van der Waals surface area contributed by atoms with Gasteiger partial charge in [-0.25, -0.2) is 0 Å². The molecule has 2 aromatic rings. The average molecular weight is 369 g/mol. The minimum Gasteiger partial charge on any atom is -0.380 e. The molecule has 18 heavy (non-hydrogen) atoms. The minimum atomic E-state index is 0.830. The summed E-state index contributed by atoms with van der Waals surface area (Å²) in [6.45, 7) is 5.11. The van der Waals surface area contributed by atoms with Crippen LogP contribution >= 0.6 is 31.9 Å². The van der Waals surface area contributed by atoms with E-state index < -0.39 is 0 Å². The molecule has 2 rings (SSSR count). The van der Waals surface area contributed by atoms with Crippen LogP contribution in [0.15, 0.2) is 45.3 Å². The summed E-state index contributed by atoms with van der Waals surface area (Å²) < 4.78 is 2.16. The van der Waals surface area contributed by atoms with Crippen molar-refractivity contribution in [2.75, 3.05) is 5.32 Å². The third kappa shape index (κ3) is 3.36. The van der Waals surface area contributed by atoms with Crippen LogP contribution < -0.4 is 5.32 Å². The van der Waals surface area contributed by atoms with Gasteiger partial charge in [-0.05, 0) is 64.7 Å². The quantitative estimate of drug-likeness (QED) is 0.760. The van der Waals surface area contributed by atoms with Gasteiger partial charge in [0.25, 0.3) is 0 Å². The zero-order valence-electron chi connectivity index (χ0n) is 10.4. The van der Waals surface area contributed by atoms with Crippen molar-refractivity contribution in [3.05, 3.63) is 62.0 Å². The molecular formula is C15H15Br2N. The average Bonchev–Trinajstić information content (AvgIpc) is 2.34. The number of benzene rings is 2. The van der Waals surface area contributed by atoms with E-state index in [1.807, 2.05) is 12.1 Å². The molecule has 0 bridgehead atoms. The maximum Gasteiger partial charge on any atom is 0.0498 e. The van der Waals surface area contributed by atoms with Crippen LogP contribution in [0.3, 0.4) is 0 Å². The summed E-state index contributed by atoms with van der Waals surface area (Å²) in [5, 5.41) is 3.44. The van der Waals surface area contributed by atoms with Crippen LogP contribution in [-0.2, 0) is 6.54 Å². The van der Waals surface area contributed by atoms with Crippen LogP contribution in [0.4, 0.5) is 5.69 Å². The minimum absolute atomic E-state index is 0.830. The molecule has 0 heterocycles. The van der Waals surface area contributed by atoms with Crippen molar-refractivity contribution in [3.63, 3.8) is 0 Å². The molecule has 0 atom stereocenters. The molecule has 0 unspecified atom stereocenters. The summed E-state index contributed by atoms with van der Waals surface area (Å²) in [7, 11) is 0. The lowest BCUT2D eigenvalue weighted by Crippen LogP contribution is -2.00. The van der Waals surface area contributed by atoms with Gasteiger partial charge in [-0.2, -0.15) is 0 Å². The van der Waals surface area contributed by atoms with Gasteiger partial charge in [0.05, 0.1) is 0 Å². The van der Waals surface area contributed by atoms with Gasteiger partial charge in [-0.15, -0.1) is 0 Å². The topological polar surface area (TPSA) is 12.0 Å². The highest BCUT2D eigenvalue weighted by atomic mass is 79.9. The monoisotopic (exact) mass is 367 g/mol. The zero-order chi connectivity index (χ0) is 13.1. The molecule has 0 aliphatic rings. The van der Waals surface area contributed by atoms with E-state index in [0.29, 0.717) is 0 Å². The third-order valence-electron chi connectivity index (χ3n) is 2.98. The van der Waals surface area contributed by atoms with Crippen molar-refractivity contribution < 1.29 is 0 Å². The van der Waals surface area contributed by atoms with E-state index in [0.717, 1.165) is 21.2 Å². The zero-order valence-corrected chi connectivity index (χ0v) is 13.6. The van der Waals surface area contributed by atoms with E-state index in [1.165, 1.54) is 16.7 Å². The first-order valence-electron chi connectivity index (χ1n) is 5.81. The second kappa shape index (κ2) is 5.89. The van der Waals surface area contributed by atoms with Crippen LogP contribution in [0.25, 0.3) is 0 Å². The first kappa shape index (κ1) is 13.6. The van der Waals surface area contributed by atoms with Crippen LogP contribution in [-0.4, -0.2) is 0 Å². The number of hydrogen-bond donors (Lipinski definition) is 1. The smallest absolute Gasteiger partial charge is 0.0498 e. The molecule has 3 heteroatoms. The number of aryl methyl sites for hydroxylation is 2. The van der Waals surface area contributed by atoms with Crippen LogP contribution in [0.1, 0.15) is 16.7 Å². The molecule has 0 saturated carbocycles. The summed E-state index contributed by atoms with van der Waals surface area (Å²) in [6, 6.07) is 12.7. The molecule has 0 aliphatic carbocycles. The van der Waals surface area contributed by atoms with Crippen LogP contribution in [0.5, 0.6) is 0 Å². The van der Waals surface area contributed by atoms with E-state index in [4.69, 9.17) is 0 Å². The summed E-state index contributed by atoms with van der Waals surface area (Å²) >= 11 is 7.03. The molecule has 2 aromatic carbocycles. The highest BCUT2D eigenvalue weighted by molar-refractivity contribution is 9.11. The first-order chi connectivity index (χ1) is 8.56. The van der Waals surface area contributed by atoms with Crippen molar-refractivity contribution in [2.24, 2.45) is 0 Å². The molecule has 0 aliphatic heterocycles. The maximum atomic E-state index is 3.55. The van der Waals surface area contributed by atoms with Crippen molar-refractivity contribution in [1.82, 2.24) is 0 Å². The van der Waals surface area contributed by atoms with E-state index >= 15 is 0 Å². The fourth-order valence-corrected chi connectivity index (χ4v) is 2.49. The Labute approximate surface area is 125 Å². The van der Waals surface area contributed by atoms with Crippen molar-refractivity contribution in [3.8, 4) is 0 Å². The SMILES string of the molecule is Cc1ccc(CNc2cc(Br)ccc2Br)cc1C. The van der Waals surface area contributed by atoms with Crippen LogP contribution in [0, 0.1) is 13.8 Å². The molecule has 0 aromatic heterocycles. The Morgan fingerprint density at radius 1 is 0.944 bits per heavy atom. The highest BCUT2D eigenvalue weighted by Crippen LogP contribution is 2.26. The maximum absolute atomic E-state index is 3.55. The second-order valence-corrected chi connectivity index (χ2v) is 6.17. The van der Waals surface area contributed by atoms with Gasteiger partial charge in [-0.1, -0.05) is 34.1 Å². The fraction of sp³-hybridized carbons (Fsp3) is 0.200. The molecule has 0 spiro atoms. The molecule has 1 N–H and O–H groups in total. The van der Waals surface area contributed by atoms with Gasteiger partial charge in [0.1, 0.15) is 0 Å². The Balaban J connectivity index is 2.11. The predicted octanol–water partition coefficient (Wildman–Crippen LogP) is 5.44. The Morgan fingerprint density at radius 3 is 2.44 bits per heavy atom. The number of rotatable bonds is 3. The standard InChI is InChI=1S/C15H15Br2N/c1-10-3-4-12(7-11(10)2)9-18-15-8-13(16)5-6-14(15)17/h3-8,18H,9H2,1-2H3. The molecular weight excluding hydrogens is 354 g/mol. The Morgan fingerprint density at radius 2 is 1.72 bits per heavy atom. The van der Waals surface area contributed by atoms with E-state index in [-0.39, 0.29) is 0 Å². The second-order valence-electron chi connectivity index (χ2n) is 4.40. The van der Waals surface area contributed by atoms with Crippen molar-refractivity contribution in [2.45, 2.75) is 20.4 Å². The molecule has 0 saturated heterocycles. The fourth-order valence-electron chi connectivity index (χ4n) is 1.74. The van der Waals surface area contributed by atoms with E-state index in [1.54, 1.807) is 0 Å². The molecule has 1 nitrogen and oxygen atoms in total.